The van der Waals surface area contributed by atoms with Crippen molar-refractivity contribution in [1.29, 1.82) is 0 Å². The Balaban J connectivity index is 1.82. The second kappa shape index (κ2) is 10.2. The van der Waals surface area contributed by atoms with E-state index in [9.17, 15) is 0 Å². The summed E-state index contributed by atoms with van der Waals surface area (Å²) < 4.78 is 21.2. The van der Waals surface area contributed by atoms with Gasteiger partial charge in [-0.2, -0.15) is 0 Å². The molecule has 0 spiro atoms. The van der Waals surface area contributed by atoms with Crippen LogP contribution in [0, 0.1) is 0 Å². The predicted octanol–water partition coefficient (Wildman–Crippen LogP) is 4.43. The van der Waals surface area contributed by atoms with Crippen molar-refractivity contribution in [2.45, 2.75) is 0 Å². The number of ether oxygens (including phenoxy) is 4. The van der Waals surface area contributed by atoms with Gasteiger partial charge in [-0.15, -0.1) is 0 Å². The van der Waals surface area contributed by atoms with E-state index in [0.717, 1.165) is 11.1 Å². The van der Waals surface area contributed by atoms with E-state index in [4.69, 9.17) is 24.7 Å². The first kappa shape index (κ1) is 21.7. The summed E-state index contributed by atoms with van der Waals surface area (Å²) in [6.07, 6.45) is 7.58. The molecule has 0 saturated carbocycles. The van der Waals surface area contributed by atoms with Gasteiger partial charge < -0.3 is 24.7 Å². The minimum Gasteiger partial charge on any atom is -0.493 e. The average molecular weight is 419 g/mol. The van der Waals surface area contributed by atoms with Crippen molar-refractivity contribution in [2.75, 3.05) is 34.2 Å². The number of nitrogens with two attached hydrogens (primary N) is 1. The predicted molar refractivity (Wildman–Crippen MR) is 123 cm³/mol. The SMILES string of the molecule is COc1ccc(C=Cc2cc(C=Cc3ccc(OC)c(OC)c3)nc(N)n2)cc1OC. The van der Waals surface area contributed by atoms with Gasteiger partial charge in [-0.25, -0.2) is 9.97 Å². The van der Waals surface area contributed by atoms with E-state index in [1.54, 1.807) is 28.4 Å². The molecule has 1 aromatic heterocycles. The largest absolute Gasteiger partial charge is 0.493 e. The van der Waals surface area contributed by atoms with Crippen molar-refractivity contribution < 1.29 is 18.9 Å². The van der Waals surface area contributed by atoms with Crippen molar-refractivity contribution in [1.82, 2.24) is 9.97 Å². The maximum Gasteiger partial charge on any atom is 0.221 e. The van der Waals surface area contributed by atoms with Crippen molar-refractivity contribution >= 4 is 30.3 Å². The van der Waals surface area contributed by atoms with Crippen LogP contribution in [0.4, 0.5) is 5.95 Å². The molecule has 160 valence electrons. The zero-order valence-corrected chi connectivity index (χ0v) is 18.0. The van der Waals surface area contributed by atoms with Gasteiger partial charge in [0.2, 0.25) is 5.95 Å². The molecule has 3 rings (SSSR count). The molecular weight excluding hydrogens is 394 g/mol. The maximum atomic E-state index is 5.90. The Morgan fingerprint density at radius 3 is 1.39 bits per heavy atom. The highest BCUT2D eigenvalue weighted by Crippen LogP contribution is 2.29. The Bertz CT molecular complexity index is 1030. The molecular formula is C24H25N3O4. The first-order valence-corrected chi connectivity index (χ1v) is 9.51. The Morgan fingerprint density at radius 2 is 1.00 bits per heavy atom. The molecule has 31 heavy (non-hydrogen) atoms. The van der Waals surface area contributed by atoms with Crippen molar-refractivity contribution in [3.05, 3.63) is 65.0 Å². The summed E-state index contributed by atoms with van der Waals surface area (Å²) in [5.74, 6) is 2.86. The quantitative estimate of drug-likeness (QED) is 0.578. The molecule has 0 fully saturated rings. The maximum absolute atomic E-state index is 5.90. The molecule has 3 aromatic rings. The Labute approximate surface area is 181 Å². The third kappa shape index (κ3) is 5.54. The van der Waals surface area contributed by atoms with Crippen LogP contribution in [0.5, 0.6) is 23.0 Å². The topological polar surface area (TPSA) is 88.7 Å². The number of rotatable bonds is 8. The van der Waals surface area contributed by atoms with Crippen LogP contribution in [0.25, 0.3) is 24.3 Å². The number of nitrogen functional groups attached to an aromatic ring is 1. The Morgan fingerprint density at radius 1 is 0.581 bits per heavy atom. The van der Waals surface area contributed by atoms with E-state index in [-0.39, 0.29) is 5.95 Å². The molecule has 7 nitrogen and oxygen atoms in total. The molecule has 0 bridgehead atoms. The first-order valence-electron chi connectivity index (χ1n) is 9.51. The lowest BCUT2D eigenvalue weighted by atomic mass is 10.1. The van der Waals surface area contributed by atoms with E-state index in [1.807, 2.05) is 66.8 Å². The van der Waals surface area contributed by atoms with Crippen LogP contribution < -0.4 is 24.7 Å². The van der Waals surface area contributed by atoms with E-state index in [0.29, 0.717) is 34.4 Å². The highest BCUT2D eigenvalue weighted by Gasteiger charge is 2.05. The summed E-state index contributed by atoms with van der Waals surface area (Å²) in [6.45, 7) is 0. The lowest BCUT2D eigenvalue weighted by Crippen LogP contribution is -1.98. The van der Waals surface area contributed by atoms with Crippen molar-refractivity contribution in [3.8, 4) is 23.0 Å². The van der Waals surface area contributed by atoms with E-state index in [1.165, 1.54) is 0 Å². The van der Waals surface area contributed by atoms with Gasteiger partial charge in [-0.1, -0.05) is 24.3 Å². The van der Waals surface area contributed by atoms with E-state index < -0.39 is 0 Å². The second-order valence-electron chi connectivity index (χ2n) is 6.47. The minimum absolute atomic E-state index is 0.196. The average Bonchev–Trinajstić information content (AvgIpc) is 2.80. The Kier molecular flexibility index (Phi) is 7.11. The summed E-state index contributed by atoms with van der Waals surface area (Å²) in [4.78, 5) is 8.57. The fourth-order valence-corrected chi connectivity index (χ4v) is 2.95. The third-order valence-corrected chi connectivity index (χ3v) is 4.49. The minimum atomic E-state index is 0.196. The van der Waals surface area contributed by atoms with Crippen molar-refractivity contribution in [3.63, 3.8) is 0 Å². The monoisotopic (exact) mass is 419 g/mol. The van der Waals surface area contributed by atoms with Gasteiger partial charge in [0.15, 0.2) is 23.0 Å². The highest BCUT2D eigenvalue weighted by molar-refractivity contribution is 5.73. The number of aromatic nitrogens is 2. The van der Waals surface area contributed by atoms with Gasteiger partial charge in [0.25, 0.3) is 0 Å². The number of methoxy groups -OCH3 is 4. The zero-order valence-electron chi connectivity index (χ0n) is 18.0. The summed E-state index contributed by atoms with van der Waals surface area (Å²) >= 11 is 0. The molecule has 0 saturated heterocycles. The number of nitrogens with zero attached hydrogens (tertiary/aromatic N) is 2. The molecule has 0 amide bonds. The van der Waals surface area contributed by atoms with Crippen LogP contribution >= 0.6 is 0 Å². The van der Waals surface area contributed by atoms with Crippen LogP contribution in [0.15, 0.2) is 42.5 Å². The number of benzene rings is 2. The molecule has 0 aliphatic heterocycles. The molecule has 0 unspecified atom stereocenters. The molecule has 0 aliphatic carbocycles. The summed E-state index contributed by atoms with van der Waals surface area (Å²) in [5.41, 5.74) is 9.16. The standard InChI is InChI=1S/C24H25N3O4/c1-28-20-11-7-16(13-22(20)30-3)5-9-18-15-19(27-24(25)26-18)10-6-17-8-12-21(29-2)23(14-17)31-4/h5-15H,1-4H3,(H2,25,26,27). The van der Waals surface area contributed by atoms with Gasteiger partial charge in [0, 0.05) is 0 Å². The van der Waals surface area contributed by atoms with Gasteiger partial charge in [0.05, 0.1) is 39.8 Å². The van der Waals surface area contributed by atoms with Gasteiger partial charge in [-0.05, 0) is 53.6 Å². The molecule has 7 heteroatoms. The fourth-order valence-electron chi connectivity index (χ4n) is 2.95. The van der Waals surface area contributed by atoms with Crippen LogP contribution in [-0.2, 0) is 0 Å². The van der Waals surface area contributed by atoms with Gasteiger partial charge in [0.1, 0.15) is 0 Å². The molecule has 0 atom stereocenters. The molecule has 0 radical (unpaired) electrons. The lowest BCUT2D eigenvalue weighted by Gasteiger charge is -2.07. The van der Waals surface area contributed by atoms with Gasteiger partial charge >= 0.3 is 0 Å². The van der Waals surface area contributed by atoms with Crippen LogP contribution in [0.3, 0.4) is 0 Å². The number of hydrogen-bond donors (Lipinski definition) is 1. The Hall–Kier alpha value is -4.00. The molecule has 2 N–H and O–H groups in total. The molecule has 1 heterocycles. The molecule has 0 aliphatic rings. The number of anilines is 1. The smallest absolute Gasteiger partial charge is 0.221 e. The molecule has 2 aromatic carbocycles. The normalized spacial score (nSPS) is 11.1. The summed E-state index contributed by atoms with van der Waals surface area (Å²) in [5, 5.41) is 0. The van der Waals surface area contributed by atoms with Gasteiger partial charge in [-0.3, -0.25) is 0 Å². The third-order valence-electron chi connectivity index (χ3n) is 4.49. The van der Waals surface area contributed by atoms with Crippen LogP contribution in [0.1, 0.15) is 22.5 Å². The van der Waals surface area contributed by atoms with Crippen molar-refractivity contribution in [2.24, 2.45) is 0 Å². The first-order chi connectivity index (χ1) is 15.1. The zero-order chi connectivity index (χ0) is 22.2. The number of hydrogen-bond acceptors (Lipinski definition) is 7. The van der Waals surface area contributed by atoms with E-state index in [2.05, 4.69) is 9.97 Å². The lowest BCUT2D eigenvalue weighted by molar-refractivity contribution is 0.355. The summed E-state index contributed by atoms with van der Waals surface area (Å²) in [7, 11) is 6.42. The fraction of sp³-hybridized carbons (Fsp3) is 0.167. The second-order valence-corrected chi connectivity index (χ2v) is 6.47. The highest BCUT2D eigenvalue weighted by atomic mass is 16.5. The summed E-state index contributed by atoms with van der Waals surface area (Å²) in [6, 6.07) is 13.2. The van der Waals surface area contributed by atoms with Crippen LogP contribution in [-0.4, -0.2) is 38.4 Å². The van der Waals surface area contributed by atoms with Crippen LogP contribution in [0.2, 0.25) is 0 Å². The van der Waals surface area contributed by atoms with E-state index >= 15 is 0 Å².